The van der Waals surface area contributed by atoms with Crippen LogP contribution in [0.25, 0.3) is 0 Å². The number of aromatic nitrogens is 1. The van der Waals surface area contributed by atoms with E-state index in [0.717, 1.165) is 37.3 Å². The van der Waals surface area contributed by atoms with E-state index in [-0.39, 0.29) is 6.10 Å². The number of hydrogen-bond donors (Lipinski definition) is 0. The maximum atomic E-state index is 5.83. The molecule has 0 aliphatic carbocycles. The van der Waals surface area contributed by atoms with Gasteiger partial charge in [0.2, 0.25) is 5.88 Å². The summed E-state index contributed by atoms with van der Waals surface area (Å²) >= 11 is 5.81. The number of rotatable bonds is 3. The smallest absolute Gasteiger partial charge is 0.214 e. The average molecular weight is 242 g/mol. The Balaban J connectivity index is 2.04. The molecule has 0 saturated carbocycles. The zero-order valence-electron chi connectivity index (χ0n) is 9.41. The lowest BCUT2D eigenvalue weighted by atomic mass is 10.1. The molecule has 0 spiro atoms. The van der Waals surface area contributed by atoms with Gasteiger partial charge < -0.3 is 9.47 Å². The third-order valence-corrected chi connectivity index (χ3v) is 2.91. The minimum absolute atomic E-state index is 0.228. The van der Waals surface area contributed by atoms with Crippen LogP contribution in [0.15, 0.2) is 12.1 Å². The Kier molecular flexibility index (Phi) is 4.02. The molecule has 1 aromatic heterocycles. The van der Waals surface area contributed by atoms with Crippen molar-refractivity contribution in [2.75, 3.05) is 13.2 Å². The Bertz CT molecular complexity index is 351. The molecule has 1 fully saturated rings. The van der Waals surface area contributed by atoms with Gasteiger partial charge in [0.25, 0.3) is 0 Å². The Labute approximate surface area is 101 Å². The minimum atomic E-state index is 0.228. The molecule has 1 aliphatic heterocycles. The van der Waals surface area contributed by atoms with Crippen LogP contribution in [0.3, 0.4) is 0 Å². The SMILES string of the molecule is Cc1cc(CCl)cc(OC2CCOCC2)n1. The third kappa shape index (κ3) is 3.09. The van der Waals surface area contributed by atoms with Crippen LogP contribution in [0.1, 0.15) is 24.1 Å². The minimum Gasteiger partial charge on any atom is -0.474 e. The standard InChI is InChI=1S/C12H16ClNO2/c1-9-6-10(8-13)7-12(14-9)16-11-2-4-15-5-3-11/h6-7,11H,2-5,8H2,1H3. The Morgan fingerprint density at radius 2 is 2.19 bits per heavy atom. The number of nitrogens with zero attached hydrogens (tertiary/aromatic N) is 1. The van der Waals surface area contributed by atoms with E-state index in [2.05, 4.69) is 4.98 Å². The summed E-state index contributed by atoms with van der Waals surface area (Å²) < 4.78 is 11.1. The van der Waals surface area contributed by atoms with E-state index in [4.69, 9.17) is 21.1 Å². The molecule has 2 rings (SSSR count). The molecule has 4 heteroatoms. The van der Waals surface area contributed by atoms with Gasteiger partial charge in [0.15, 0.2) is 0 Å². The quantitative estimate of drug-likeness (QED) is 0.763. The lowest BCUT2D eigenvalue weighted by Crippen LogP contribution is -2.26. The Hall–Kier alpha value is -0.800. The van der Waals surface area contributed by atoms with Gasteiger partial charge >= 0.3 is 0 Å². The molecule has 0 atom stereocenters. The summed E-state index contributed by atoms with van der Waals surface area (Å²) in [7, 11) is 0. The van der Waals surface area contributed by atoms with E-state index in [1.165, 1.54) is 0 Å². The summed E-state index contributed by atoms with van der Waals surface area (Å²) in [5, 5.41) is 0. The van der Waals surface area contributed by atoms with Crippen molar-refractivity contribution >= 4 is 11.6 Å². The zero-order valence-corrected chi connectivity index (χ0v) is 10.2. The predicted octanol–water partition coefficient (Wildman–Crippen LogP) is 2.69. The fourth-order valence-electron chi connectivity index (χ4n) is 1.81. The summed E-state index contributed by atoms with van der Waals surface area (Å²) in [6, 6.07) is 3.89. The first-order valence-electron chi connectivity index (χ1n) is 5.56. The van der Waals surface area contributed by atoms with Gasteiger partial charge in [-0.2, -0.15) is 0 Å². The van der Waals surface area contributed by atoms with E-state index < -0.39 is 0 Å². The van der Waals surface area contributed by atoms with E-state index >= 15 is 0 Å². The largest absolute Gasteiger partial charge is 0.474 e. The topological polar surface area (TPSA) is 31.4 Å². The molecule has 0 unspecified atom stereocenters. The van der Waals surface area contributed by atoms with Gasteiger partial charge in [-0.3, -0.25) is 0 Å². The first-order chi connectivity index (χ1) is 7.78. The summed E-state index contributed by atoms with van der Waals surface area (Å²) in [4.78, 5) is 4.35. The van der Waals surface area contributed by atoms with E-state index in [1.54, 1.807) is 0 Å². The van der Waals surface area contributed by atoms with Gasteiger partial charge in [0, 0.05) is 30.5 Å². The number of aryl methyl sites for hydroxylation is 1. The van der Waals surface area contributed by atoms with Gasteiger partial charge in [-0.05, 0) is 18.6 Å². The van der Waals surface area contributed by atoms with Crippen LogP contribution in [0.5, 0.6) is 5.88 Å². The van der Waals surface area contributed by atoms with Crippen molar-refractivity contribution in [1.29, 1.82) is 0 Å². The number of halogens is 1. The van der Waals surface area contributed by atoms with E-state index in [1.807, 2.05) is 19.1 Å². The van der Waals surface area contributed by atoms with Crippen molar-refractivity contribution < 1.29 is 9.47 Å². The summed E-state index contributed by atoms with van der Waals surface area (Å²) in [6.07, 6.45) is 2.10. The Morgan fingerprint density at radius 1 is 1.44 bits per heavy atom. The van der Waals surface area contributed by atoms with Crippen molar-refractivity contribution in [3.8, 4) is 5.88 Å². The molecule has 0 N–H and O–H groups in total. The molecular formula is C12H16ClNO2. The van der Waals surface area contributed by atoms with Crippen molar-refractivity contribution in [2.45, 2.75) is 31.7 Å². The number of pyridine rings is 1. The van der Waals surface area contributed by atoms with Crippen LogP contribution in [0.2, 0.25) is 0 Å². The second-order valence-corrected chi connectivity index (χ2v) is 4.29. The van der Waals surface area contributed by atoms with Crippen molar-refractivity contribution in [2.24, 2.45) is 0 Å². The molecule has 88 valence electrons. The maximum absolute atomic E-state index is 5.83. The number of alkyl halides is 1. The first-order valence-corrected chi connectivity index (χ1v) is 6.09. The highest BCUT2D eigenvalue weighted by Crippen LogP contribution is 2.19. The van der Waals surface area contributed by atoms with Crippen molar-refractivity contribution in [3.05, 3.63) is 23.4 Å². The number of hydrogen-bond acceptors (Lipinski definition) is 3. The zero-order chi connectivity index (χ0) is 11.4. The van der Waals surface area contributed by atoms with Gasteiger partial charge in [-0.25, -0.2) is 4.98 Å². The summed E-state index contributed by atoms with van der Waals surface area (Å²) in [5.41, 5.74) is 2.00. The fourth-order valence-corrected chi connectivity index (χ4v) is 1.96. The fraction of sp³-hybridized carbons (Fsp3) is 0.583. The highest BCUT2D eigenvalue weighted by atomic mass is 35.5. The molecule has 16 heavy (non-hydrogen) atoms. The molecule has 1 aliphatic rings. The van der Waals surface area contributed by atoms with Crippen LogP contribution in [0, 0.1) is 6.92 Å². The van der Waals surface area contributed by atoms with E-state index in [9.17, 15) is 0 Å². The molecule has 3 nitrogen and oxygen atoms in total. The van der Waals surface area contributed by atoms with Crippen molar-refractivity contribution in [1.82, 2.24) is 4.98 Å². The van der Waals surface area contributed by atoms with Gasteiger partial charge in [0.1, 0.15) is 6.10 Å². The molecule has 1 saturated heterocycles. The molecule has 0 radical (unpaired) electrons. The van der Waals surface area contributed by atoms with E-state index in [0.29, 0.717) is 11.8 Å². The molecule has 1 aromatic rings. The molecule has 2 heterocycles. The second-order valence-electron chi connectivity index (χ2n) is 4.02. The summed E-state index contributed by atoms with van der Waals surface area (Å²) in [6.45, 7) is 3.50. The summed E-state index contributed by atoms with van der Waals surface area (Å²) in [5.74, 6) is 1.18. The molecule has 0 bridgehead atoms. The predicted molar refractivity (Wildman–Crippen MR) is 63.0 cm³/mol. The maximum Gasteiger partial charge on any atom is 0.214 e. The van der Waals surface area contributed by atoms with Gasteiger partial charge in [-0.1, -0.05) is 0 Å². The third-order valence-electron chi connectivity index (χ3n) is 2.60. The number of ether oxygens (including phenoxy) is 2. The molecule has 0 amide bonds. The average Bonchev–Trinajstić information content (AvgIpc) is 2.29. The Morgan fingerprint density at radius 3 is 2.88 bits per heavy atom. The highest BCUT2D eigenvalue weighted by Gasteiger charge is 2.16. The molecular weight excluding hydrogens is 226 g/mol. The highest BCUT2D eigenvalue weighted by molar-refractivity contribution is 6.17. The second kappa shape index (κ2) is 5.51. The molecule has 0 aromatic carbocycles. The van der Waals surface area contributed by atoms with Gasteiger partial charge in [0.05, 0.1) is 13.2 Å². The van der Waals surface area contributed by atoms with Crippen LogP contribution < -0.4 is 4.74 Å². The first kappa shape index (κ1) is 11.7. The lowest BCUT2D eigenvalue weighted by molar-refractivity contribution is 0.0236. The van der Waals surface area contributed by atoms with Crippen LogP contribution in [0.4, 0.5) is 0 Å². The normalized spacial score (nSPS) is 17.4. The van der Waals surface area contributed by atoms with Crippen LogP contribution in [-0.2, 0) is 10.6 Å². The van der Waals surface area contributed by atoms with Crippen molar-refractivity contribution in [3.63, 3.8) is 0 Å². The van der Waals surface area contributed by atoms with Crippen LogP contribution >= 0.6 is 11.6 Å². The lowest BCUT2D eigenvalue weighted by Gasteiger charge is -2.23. The van der Waals surface area contributed by atoms with Crippen LogP contribution in [-0.4, -0.2) is 24.3 Å². The monoisotopic (exact) mass is 241 g/mol. The van der Waals surface area contributed by atoms with Gasteiger partial charge in [-0.15, -0.1) is 11.6 Å².